The fourth-order valence-corrected chi connectivity index (χ4v) is 4.13. The lowest BCUT2D eigenvalue weighted by Gasteiger charge is -2.30. The van der Waals surface area contributed by atoms with Crippen molar-refractivity contribution >= 4 is 27.3 Å². The molecule has 1 saturated carbocycles. The lowest BCUT2D eigenvalue weighted by atomic mass is 9.80. The minimum absolute atomic E-state index is 0.208. The van der Waals surface area contributed by atoms with Gasteiger partial charge < -0.3 is 5.73 Å². The van der Waals surface area contributed by atoms with Gasteiger partial charge in [-0.2, -0.15) is 0 Å². The van der Waals surface area contributed by atoms with Gasteiger partial charge in [0.05, 0.1) is 0 Å². The molecule has 0 spiro atoms. The molecule has 1 aliphatic carbocycles. The Morgan fingerprint density at radius 3 is 2.64 bits per heavy atom. The highest BCUT2D eigenvalue weighted by Crippen LogP contribution is 2.48. The Kier molecular flexibility index (Phi) is 3.01. The van der Waals surface area contributed by atoms with E-state index < -0.39 is 0 Å². The van der Waals surface area contributed by atoms with Gasteiger partial charge in [0.1, 0.15) is 0 Å². The van der Waals surface area contributed by atoms with E-state index in [1.165, 1.54) is 35.0 Å². The molecule has 14 heavy (non-hydrogen) atoms. The van der Waals surface area contributed by atoms with Crippen LogP contribution in [0.25, 0.3) is 0 Å². The fraction of sp³-hybridized carbons (Fsp3) is 0.636. The molecule has 1 heterocycles. The largest absolute Gasteiger partial charge is 0.323 e. The summed E-state index contributed by atoms with van der Waals surface area (Å²) in [5.41, 5.74) is 6.69. The number of hydrogen-bond acceptors (Lipinski definition) is 2. The van der Waals surface area contributed by atoms with Crippen LogP contribution in [-0.4, -0.2) is 0 Å². The Morgan fingerprint density at radius 1 is 1.50 bits per heavy atom. The summed E-state index contributed by atoms with van der Waals surface area (Å²) in [5.74, 6) is 0. The van der Waals surface area contributed by atoms with E-state index in [1.54, 1.807) is 11.3 Å². The number of halogens is 1. The maximum absolute atomic E-state index is 6.36. The predicted octanol–water partition coefficient (Wildman–Crippen LogP) is 4.09. The monoisotopic (exact) mass is 273 g/mol. The molecule has 1 nitrogen and oxygen atoms in total. The van der Waals surface area contributed by atoms with Crippen molar-refractivity contribution in [2.75, 3.05) is 0 Å². The fourth-order valence-electron chi connectivity index (χ4n) is 2.34. The van der Waals surface area contributed by atoms with Crippen molar-refractivity contribution in [3.63, 3.8) is 0 Å². The topological polar surface area (TPSA) is 26.0 Å². The summed E-state index contributed by atoms with van der Waals surface area (Å²) in [6.07, 6.45) is 5.23. The van der Waals surface area contributed by atoms with Gasteiger partial charge in [0, 0.05) is 15.4 Å². The van der Waals surface area contributed by atoms with Crippen LogP contribution in [0.15, 0.2) is 15.9 Å². The Morgan fingerprint density at radius 2 is 2.14 bits per heavy atom. The van der Waals surface area contributed by atoms with E-state index in [0.29, 0.717) is 5.41 Å². The highest BCUT2D eigenvalue weighted by atomic mass is 79.9. The summed E-state index contributed by atoms with van der Waals surface area (Å²) < 4.78 is 1.18. The molecular formula is C11H16BrNS. The molecule has 2 rings (SSSR count). The number of nitrogens with two attached hydrogens (primary N) is 1. The third kappa shape index (κ3) is 1.77. The molecule has 2 N–H and O–H groups in total. The van der Waals surface area contributed by atoms with Gasteiger partial charge in [-0.25, -0.2) is 0 Å². The molecule has 3 heteroatoms. The van der Waals surface area contributed by atoms with Crippen LogP contribution < -0.4 is 5.73 Å². The van der Waals surface area contributed by atoms with E-state index in [0.717, 1.165) is 0 Å². The second kappa shape index (κ2) is 3.95. The Labute approximate surface area is 97.8 Å². The molecule has 1 aliphatic rings. The zero-order chi connectivity index (χ0) is 10.2. The van der Waals surface area contributed by atoms with Crippen LogP contribution in [0, 0.1) is 5.41 Å². The second-order valence-corrected chi connectivity index (χ2v) is 6.27. The first-order chi connectivity index (χ1) is 6.63. The van der Waals surface area contributed by atoms with Crippen molar-refractivity contribution < 1.29 is 0 Å². The van der Waals surface area contributed by atoms with Gasteiger partial charge in [0.15, 0.2) is 0 Å². The standard InChI is InChI=1S/C11H16BrNS/c1-11(5-2-3-6-11)10(13)9-8(12)4-7-14-9/h4,7,10H,2-3,5-6,13H2,1H3. The van der Waals surface area contributed by atoms with Crippen LogP contribution in [0.5, 0.6) is 0 Å². The van der Waals surface area contributed by atoms with E-state index in [2.05, 4.69) is 34.3 Å². The van der Waals surface area contributed by atoms with Crippen molar-refractivity contribution in [2.24, 2.45) is 11.1 Å². The summed E-state index contributed by atoms with van der Waals surface area (Å²) >= 11 is 5.34. The van der Waals surface area contributed by atoms with Crippen molar-refractivity contribution in [1.29, 1.82) is 0 Å². The predicted molar refractivity (Wildman–Crippen MR) is 65.5 cm³/mol. The number of hydrogen-bond donors (Lipinski definition) is 1. The summed E-state index contributed by atoms with van der Waals surface area (Å²) in [7, 11) is 0. The van der Waals surface area contributed by atoms with E-state index in [-0.39, 0.29) is 6.04 Å². The first kappa shape index (κ1) is 10.7. The lowest BCUT2D eigenvalue weighted by molar-refractivity contribution is 0.268. The normalized spacial score (nSPS) is 22.5. The SMILES string of the molecule is CC1(C(N)c2sccc2Br)CCCC1. The van der Waals surface area contributed by atoms with Gasteiger partial charge in [-0.15, -0.1) is 11.3 Å². The van der Waals surface area contributed by atoms with E-state index in [1.807, 2.05) is 0 Å². The van der Waals surface area contributed by atoms with Crippen LogP contribution in [0.3, 0.4) is 0 Å². The zero-order valence-corrected chi connectivity index (χ0v) is 10.8. The minimum Gasteiger partial charge on any atom is -0.323 e. The molecule has 0 aromatic carbocycles. The highest BCUT2D eigenvalue weighted by molar-refractivity contribution is 9.10. The summed E-state index contributed by atoms with van der Waals surface area (Å²) in [5, 5.41) is 2.11. The van der Waals surface area contributed by atoms with Crippen LogP contribution in [0.4, 0.5) is 0 Å². The number of thiophene rings is 1. The Balaban J connectivity index is 2.23. The van der Waals surface area contributed by atoms with E-state index in [9.17, 15) is 0 Å². The Hall–Kier alpha value is 0.140. The first-order valence-corrected chi connectivity index (χ1v) is 6.79. The van der Waals surface area contributed by atoms with Crippen molar-refractivity contribution in [2.45, 2.75) is 38.6 Å². The average Bonchev–Trinajstić information content (AvgIpc) is 2.74. The van der Waals surface area contributed by atoms with E-state index in [4.69, 9.17) is 5.73 Å². The third-order valence-electron chi connectivity index (χ3n) is 3.42. The van der Waals surface area contributed by atoms with Gasteiger partial charge in [-0.1, -0.05) is 19.8 Å². The Bertz CT molecular complexity index is 315. The van der Waals surface area contributed by atoms with Gasteiger partial charge in [-0.3, -0.25) is 0 Å². The molecule has 1 aromatic rings. The third-order valence-corrected chi connectivity index (χ3v) is 5.38. The van der Waals surface area contributed by atoms with E-state index >= 15 is 0 Å². The first-order valence-electron chi connectivity index (χ1n) is 5.12. The van der Waals surface area contributed by atoms with Crippen LogP contribution in [0.2, 0.25) is 0 Å². The molecule has 1 fully saturated rings. The maximum atomic E-state index is 6.36. The lowest BCUT2D eigenvalue weighted by Crippen LogP contribution is -2.28. The number of rotatable bonds is 2. The molecule has 0 amide bonds. The van der Waals surface area contributed by atoms with Crippen molar-refractivity contribution in [3.8, 4) is 0 Å². The molecule has 0 radical (unpaired) electrons. The summed E-state index contributed by atoms with van der Waals surface area (Å²) in [4.78, 5) is 1.31. The van der Waals surface area contributed by atoms with Crippen LogP contribution in [0.1, 0.15) is 43.5 Å². The quantitative estimate of drug-likeness (QED) is 0.863. The van der Waals surface area contributed by atoms with Crippen LogP contribution in [-0.2, 0) is 0 Å². The molecular weight excluding hydrogens is 258 g/mol. The smallest absolute Gasteiger partial charge is 0.0455 e. The molecule has 1 atom stereocenters. The maximum Gasteiger partial charge on any atom is 0.0455 e. The zero-order valence-electron chi connectivity index (χ0n) is 8.42. The molecule has 1 unspecified atom stereocenters. The molecule has 0 bridgehead atoms. The average molecular weight is 274 g/mol. The molecule has 0 saturated heterocycles. The molecule has 1 aromatic heterocycles. The van der Waals surface area contributed by atoms with Crippen molar-refractivity contribution in [1.82, 2.24) is 0 Å². The van der Waals surface area contributed by atoms with Gasteiger partial charge in [-0.05, 0) is 45.6 Å². The molecule has 0 aliphatic heterocycles. The minimum atomic E-state index is 0.208. The van der Waals surface area contributed by atoms with Gasteiger partial charge >= 0.3 is 0 Å². The summed E-state index contributed by atoms with van der Waals surface area (Å²) in [6, 6.07) is 2.30. The van der Waals surface area contributed by atoms with Gasteiger partial charge in [0.25, 0.3) is 0 Å². The second-order valence-electron chi connectivity index (χ2n) is 4.47. The highest BCUT2D eigenvalue weighted by Gasteiger charge is 2.36. The van der Waals surface area contributed by atoms with Crippen molar-refractivity contribution in [3.05, 3.63) is 20.8 Å². The summed E-state index contributed by atoms with van der Waals surface area (Å²) in [6.45, 7) is 2.33. The van der Waals surface area contributed by atoms with Crippen LogP contribution >= 0.6 is 27.3 Å². The molecule has 78 valence electrons. The van der Waals surface area contributed by atoms with Gasteiger partial charge in [0.2, 0.25) is 0 Å².